The first-order chi connectivity index (χ1) is 11.2. The molecule has 4 nitrogen and oxygen atoms in total. The molecular formula is C18H19N3OS. The first-order valence-electron chi connectivity index (χ1n) is 7.95. The lowest BCUT2D eigenvalue weighted by Gasteiger charge is -2.35. The van der Waals surface area contributed by atoms with Crippen molar-refractivity contribution in [3.05, 3.63) is 41.1 Å². The summed E-state index contributed by atoms with van der Waals surface area (Å²) in [6.45, 7) is 3.66. The molecule has 3 aromatic rings. The maximum Gasteiger partial charge on any atom is 0.162 e. The van der Waals surface area contributed by atoms with Crippen LogP contribution in [0.5, 0.6) is 0 Å². The maximum absolute atomic E-state index is 10.3. The van der Waals surface area contributed by atoms with Gasteiger partial charge in [0.15, 0.2) is 5.82 Å². The van der Waals surface area contributed by atoms with E-state index in [-0.39, 0.29) is 6.10 Å². The van der Waals surface area contributed by atoms with Crippen molar-refractivity contribution < 1.29 is 5.11 Å². The Labute approximate surface area is 139 Å². The van der Waals surface area contributed by atoms with Crippen LogP contribution in [0.25, 0.3) is 22.3 Å². The van der Waals surface area contributed by atoms with Gasteiger partial charge in [-0.25, -0.2) is 9.97 Å². The maximum atomic E-state index is 10.3. The molecule has 0 saturated carbocycles. The summed E-state index contributed by atoms with van der Waals surface area (Å²) < 4.78 is 0. The standard InChI is InChI=1S/C18H19N3OS/c1-12-6-8-21(10-16(12)22)18-14-4-2-3-5-15(14)19-17(20-18)13-7-9-23-11-13/h2-5,7,9,11-12,16,22H,6,8,10H2,1H3. The number of nitrogens with zero attached hydrogens (tertiary/aromatic N) is 3. The lowest BCUT2D eigenvalue weighted by Crippen LogP contribution is -2.43. The van der Waals surface area contributed by atoms with Gasteiger partial charge in [-0.05, 0) is 35.9 Å². The largest absolute Gasteiger partial charge is 0.391 e. The first-order valence-corrected chi connectivity index (χ1v) is 8.89. The van der Waals surface area contributed by atoms with Gasteiger partial charge < -0.3 is 10.0 Å². The van der Waals surface area contributed by atoms with E-state index in [4.69, 9.17) is 9.97 Å². The van der Waals surface area contributed by atoms with Crippen molar-refractivity contribution in [3.63, 3.8) is 0 Å². The van der Waals surface area contributed by atoms with Crippen molar-refractivity contribution in [2.75, 3.05) is 18.0 Å². The molecule has 5 heteroatoms. The number of benzene rings is 1. The Balaban J connectivity index is 1.84. The Morgan fingerprint density at radius 2 is 2.09 bits per heavy atom. The molecule has 0 aliphatic carbocycles. The van der Waals surface area contributed by atoms with Gasteiger partial charge in [-0.1, -0.05) is 19.1 Å². The number of aromatic nitrogens is 2. The highest BCUT2D eigenvalue weighted by Crippen LogP contribution is 2.31. The summed E-state index contributed by atoms with van der Waals surface area (Å²) in [5.41, 5.74) is 2.00. The van der Waals surface area contributed by atoms with Crippen LogP contribution in [0.1, 0.15) is 13.3 Å². The Kier molecular flexibility index (Phi) is 3.75. The minimum atomic E-state index is -0.304. The molecule has 2 unspecified atom stereocenters. The number of rotatable bonds is 2. The summed E-state index contributed by atoms with van der Waals surface area (Å²) in [6, 6.07) is 10.2. The van der Waals surface area contributed by atoms with Gasteiger partial charge >= 0.3 is 0 Å². The average Bonchev–Trinajstić information content (AvgIpc) is 3.11. The van der Waals surface area contributed by atoms with Crippen LogP contribution in [0.2, 0.25) is 0 Å². The van der Waals surface area contributed by atoms with Crippen molar-refractivity contribution in [2.45, 2.75) is 19.4 Å². The Hall–Kier alpha value is -1.98. The molecule has 0 bridgehead atoms. The van der Waals surface area contributed by atoms with Gasteiger partial charge in [-0.15, -0.1) is 0 Å². The Morgan fingerprint density at radius 1 is 1.22 bits per heavy atom. The summed E-state index contributed by atoms with van der Waals surface area (Å²) in [5.74, 6) is 2.03. The molecule has 0 spiro atoms. The summed E-state index contributed by atoms with van der Waals surface area (Å²) in [7, 11) is 0. The third-order valence-electron chi connectivity index (χ3n) is 4.58. The van der Waals surface area contributed by atoms with Crippen LogP contribution in [-0.4, -0.2) is 34.3 Å². The second-order valence-electron chi connectivity index (χ2n) is 6.18. The van der Waals surface area contributed by atoms with Gasteiger partial charge in [0, 0.05) is 29.4 Å². The third-order valence-corrected chi connectivity index (χ3v) is 5.26. The third kappa shape index (κ3) is 2.71. The normalized spacial score (nSPS) is 21.7. The monoisotopic (exact) mass is 325 g/mol. The quantitative estimate of drug-likeness (QED) is 0.782. The van der Waals surface area contributed by atoms with E-state index in [0.717, 1.165) is 41.1 Å². The smallest absolute Gasteiger partial charge is 0.162 e. The summed E-state index contributed by atoms with van der Waals surface area (Å²) in [4.78, 5) is 11.7. The van der Waals surface area contributed by atoms with E-state index in [2.05, 4.69) is 23.3 Å². The minimum absolute atomic E-state index is 0.304. The molecule has 1 saturated heterocycles. The van der Waals surface area contributed by atoms with Crippen molar-refractivity contribution in [1.82, 2.24) is 9.97 Å². The van der Waals surface area contributed by atoms with Gasteiger partial charge in [0.2, 0.25) is 0 Å². The molecule has 23 heavy (non-hydrogen) atoms. The number of fused-ring (bicyclic) bond motifs is 1. The second-order valence-corrected chi connectivity index (χ2v) is 6.96. The number of hydrogen-bond donors (Lipinski definition) is 1. The van der Waals surface area contributed by atoms with E-state index < -0.39 is 0 Å². The highest BCUT2D eigenvalue weighted by atomic mass is 32.1. The number of aliphatic hydroxyl groups excluding tert-OH is 1. The lowest BCUT2D eigenvalue weighted by atomic mass is 9.96. The summed E-state index contributed by atoms with van der Waals surface area (Å²) in [6.07, 6.45) is 0.676. The number of aliphatic hydroxyl groups is 1. The number of β-amino-alcohol motifs (C(OH)–C–C–N with tert-alkyl or cyclic N) is 1. The van der Waals surface area contributed by atoms with Crippen LogP contribution >= 0.6 is 11.3 Å². The van der Waals surface area contributed by atoms with Crippen LogP contribution in [0.3, 0.4) is 0 Å². The highest BCUT2D eigenvalue weighted by molar-refractivity contribution is 7.08. The molecule has 118 valence electrons. The van der Waals surface area contributed by atoms with E-state index in [0.29, 0.717) is 12.5 Å². The number of anilines is 1. The van der Waals surface area contributed by atoms with E-state index in [1.54, 1.807) is 11.3 Å². The Bertz CT molecular complexity index is 818. The van der Waals surface area contributed by atoms with Crippen molar-refractivity contribution in [1.29, 1.82) is 0 Å². The number of piperidine rings is 1. The number of hydrogen-bond acceptors (Lipinski definition) is 5. The van der Waals surface area contributed by atoms with E-state index in [9.17, 15) is 5.11 Å². The summed E-state index contributed by atoms with van der Waals surface area (Å²) in [5, 5.41) is 15.4. The van der Waals surface area contributed by atoms with Crippen LogP contribution in [0.15, 0.2) is 41.1 Å². The van der Waals surface area contributed by atoms with Crippen molar-refractivity contribution in [2.24, 2.45) is 5.92 Å². The molecular weight excluding hydrogens is 306 g/mol. The molecule has 1 fully saturated rings. The van der Waals surface area contributed by atoms with Gasteiger partial charge in [-0.2, -0.15) is 11.3 Å². The molecule has 0 radical (unpaired) electrons. The van der Waals surface area contributed by atoms with Crippen LogP contribution in [-0.2, 0) is 0 Å². The van der Waals surface area contributed by atoms with Gasteiger partial charge in [0.1, 0.15) is 5.82 Å². The van der Waals surface area contributed by atoms with Crippen molar-refractivity contribution in [3.8, 4) is 11.4 Å². The molecule has 4 rings (SSSR count). The predicted molar refractivity (Wildman–Crippen MR) is 94.9 cm³/mol. The molecule has 2 aromatic heterocycles. The van der Waals surface area contributed by atoms with Gasteiger partial charge in [-0.3, -0.25) is 0 Å². The molecule has 1 aliphatic heterocycles. The Morgan fingerprint density at radius 3 is 2.87 bits per heavy atom. The van der Waals surface area contributed by atoms with E-state index >= 15 is 0 Å². The zero-order valence-electron chi connectivity index (χ0n) is 13.0. The fourth-order valence-electron chi connectivity index (χ4n) is 3.06. The molecule has 1 aromatic carbocycles. The fraction of sp³-hybridized carbons (Fsp3) is 0.333. The number of para-hydroxylation sites is 1. The van der Waals surface area contributed by atoms with Crippen molar-refractivity contribution >= 4 is 28.1 Å². The zero-order chi connectivity index (χ0) is 15.8. The number of thiophene rings is 1. The molecule has 2 atom stereocenters. The van der Waals surface area contributed by atoms with Crippen LogP contribution in [0.4, 0.5) is 5.82 Å². The topological polar surface area (TPSA) is 49.2 Å². The lowest BCUT2D eigenvalue weighted by molar-refractivity contribution is 0.103. The first kappa shape index (κ1) is 14.6. The average molecular weight is 325 g/mol. The van der Waals surface area contributed by atoms with Gasteiger partial charge in [0.25, 0.3) is 0 Å². The minimum Gasteiger partial charge on any atom is -0.391 e. The molecule has 0 amide bonds. The molecule has 1 N–H and O–H groups in total. The SMILES string of the molecule is CC1CCN(c2nc(-c3ccsc3)nc3ccccc23)CC1O. The summed E-state index contributed by atoms with van der Waals surface area (Å²) >= 11 is 1.65. The van der Waals surface area contributed by atoms with E-state index in [1.807, 2.05) is 29.6 Å². The van der Waals surface area contributed by atoms with Crippen LogP contribution < -0.4 is 4.90 Å². The predicted octanol–water partition coefficient (Wildman–Crippen LogP) is 3.57. The van der Waals surface area contributed by atoms with Gasteiger partial charge in [0.05, 0.1) is 11.6 Å². The van der Waals surface area contributed by atoms with Crippen LogP contribution in [0, 0.1) is 5.92 Å². The zero-order valence-corrected chi connectivity index (χ0v) is 13.8. The van der Waals surface area contributed by atoms with E-state index in [1.165, 1.54) is 0 Å². The highest BCUT2D eigenvalue weighted by Gasteiger charge is 2.26. The molecule has 1 aliphatic rings. The molecule has 3 heterocycles. The fourth-order valence-corrected chi connectivity index (χ4v) is 3.70. The second kappa shape index (κ2) is 5.91.